The van der Waals surface area contributed by atoms with Crippen LogP contribution in [-0.2, 0) is 9.59 Å². The summed E-state index contributed by atoms with van der Waals surface area (Å²) in [5, 5.41) is 13.7. The van der Waals surface area contributed by atoms with E-state index in [4.69, 9.17) is 9.84 Å². The van der Waals surface area contributed by atoms with Gasteiger partial charge in [0.15, 0.2) is 6.61 Å². The Hall–Kier alpha value is -2.56. The highest BCUT2D eigenvalue weighted by Gasteiger charge is 2.21. The van der Waals surface area contributed by atoms with Gasteiger partial charge in [0.05, 0.1) is 0 Å². The number of hydrogen-bond donors (Lipinski definition) is 2. The maximum atomic E-state index is 11.9. The summed E-state index contributed by atoms with van der Waals surface area (Å²) in [6.07, 6.45) is 0.386. The molecule has 0 unspecified atom stereocenters. The van der Waals surface area contributed by atoms with Crippen molar-refractivity contribution in [2.45, 2.75) is 26.3 Å². The lowest BCUT2D eigenvalue weighted by atomic mass is 10.0. The highest BCUT2D eigenvalue weighted by atomic mass is 16.5. The number of rotatable bonds is 7. The minimum absolute atomic E-state index is 0.179. The molecule has 0 saturated heterocycles. The summed E-state index contributed by atoms with van der Waals surface area (Å²) in [4.78, 5) is 23.0. The van der Waals surface area contributed by atoms with Crippen molar-refractivity contribution in [2.24, 2.45) is 5.92 Å². The highest BCUT2D eigenvalue weighted by molar-refractivity contribution is 5.85. The zero-order valence-electron chi connectivity index (χ0n) is 13.3. The molecule has 2 aromatic rings. The van der Waals surface area contributed by atoms with E-state index < -0.39 is 17.9 Å². The molecule has 5 nitrogen and oxygen atoms in total. The first-order valence-corrected chi connectivity index (χ1v) is 7.59. The van der Waals surface area contributed by atoms with Crippen molar-refractivity contribution in [1.82, 2.24) is 5.32 Å². The molecule has 0 aliphatic carbocycles. The van der Waals surface area contributed by atoms with Gasteiger partial charge in [-0.3, -0.25) is 4.79 Å². The van der Waals surface area contributed by atoms with Crippen LogP contribution in [0, 0.1) is 5.92 Å². The van der Waals surface area contributed by atoms with Crippen molar-refractivity contribution in [1.29, 1.82) is 0 Å². The quantitative estimate of drug-likeness (QED) is 0.824. The van der Waals surface area contributed by atoms with Crippen LogP contribution < -0.4 is 10.1 Å². The minimum Gasteiger partial charge on any atom is -0.484 e. The monoisotopic (exact) mass is 315 g/mol. The summed E-state index contributed by atoms with van der Waals surface area (Å²) >= 11 is 0. The molecule has 2 N–H and O–H groups in total. The Morgan fingerprint density at radius 3 is 2.48 bits per heavy atom. The first kappa shape index (κ1) is 16.8. The van der Waals surface area contributed by atoms with Crippen molar-refractivity contribution >= 4 is 22.6 Å². The molecule has 2 aromatic carbocycles. The molecule has 0 aliphatic rings. The molecule has 23 heavy (non-hydrogen) atoms. The predicted molar refractivity (Wildman–Crippen MR) is 88.5 cm³/mol. The zero-order valence-corrected chi connectivity index (χ0v) is 13.3. The third-order valence-corrected chi connectivity index (χ3v) is 3.43. The minimum atomic E-state index is -1.03. The molecule has 2 rings (SSSR count). The fourth-order valence-electron chi connectivity index (χ4n) is 2.33. The molecule has 0 heterocycles. The molecule has 1 amide bonds. The Bertz CT molecular complexity index is 696. The number of nitrogens with one attached hydrogen (secondary N) is 1. The molecule has 122 valence electrons. The third kappa shape index (κ3) is 4.98. The lowest BCUT2D eigenvalue weighted by Crippen LogP contribution is -2.43. The van der Waals surface area contributed by atoms with Gasteiger partial charge in [-0.05, 0) is 35.2 Å². The van der Waals surface area contributed by atoms with Gasteiger partial charge in [-0.1, -0.05) is 44.2 Å². The molecule has 0 radical (unpaired) electrons. The predicted octanol–water partition coefficient (Wildman–Crippen LogP) is 2.83. The summed E-state index contributed by atoms with van der Waals surface area (Å²) in [5.74, 6) is -0.712. The van der Waals surface area contributed by atoms with E-state index in [9.17, 15) is 9.59 Å². The van der Waals surface area contributed by atoms with Crippen LogP contribution in [0.15, 0.2) is 42.5 Å². The van der Waals surface area contributed by atoms with Crippen LogP contribution in [0.5, 0.6) is 5.75 Å². The van der Waals surface area contributed by atoms with Crippen LogP contribution in [0.25, 0.3) is 10.8 Å². The van der Waals surface area contributed by atoms with Gasteiger partial charge < -0.3 is 15.2 Å². The number of benzene rings is 2. The van der Waals surface area contributed by atoms with E-state index in [0.717, 1.165) is 10.8 Å². The maximum absolute atomic E-state index is 11.9. The van der Waals surface area contributed by atoms with E-state index in [1.165, 1.54) is 0 Å². The summed E-state index contributed by atoms with van der Waals surface area (Å²) in [5.41, 5.74) is 0. The Morgan fingerprint density at radius 1 is 1.13 bits per heavy atom. The Balaban J connectivity index is 1.93. The molecular weight excluding hydrogens is 294 g/mol. The van der Waals surface area contributed by atoms with Gasteiger partial charge in [-0.15, -0.1) is 0 Å². The number of carbonyl (C=O) groups excluding carboxylic acids is 1. The second-order valence-corrected chi connectivity index (χ2v) is 5.89. The van der Waals surface area contributed by atoms with Crippen molar-refractivity contribution in [2.75, 3.05) is 6.61 Å². The average molecular weight is 315 g/mol. The van der Waals surface area contributed by atoms with Gasteiger partial charge in [0, 0.05) is 0 Å². The summed E-state index contributed by atoms with van der Waals surface area (Å²) in [6.45, 7) is 3.61. The van der Waals surface area contributed by atoms with E-state index in [1.54, 1.807) is 6.07 Å². The molecule has 0 aliphatic heterocycles. The first-order valence-electron chi connectivity index (χ1n) is 7.59. The van der Waals surface area contributed by atoms with Crippen molar-refractivity contribution < 1.29 is 19.4 Å². The van der Waals surface area contributed by atoms with Gasteiger partial charge >= 0.3 is 5.97 Å². The number of carboxylic acid groups (broad SMARTS) is 1. The first-order chi connectivity index (χ1) is 11.0. The van der Waals surface area contributed by atoms with Crippen LogP contribution in [0.4, 0.5) is 0 Å². The smallest absolute Gasteiger partial charge is 0.326 e. The standard InChI is InChI=1S/C18H21NO4/c1-12(2)9-16(18(21)22)19-17(20)11-23-15-8-7-13-5-3-4-6-14(13)10-15/h3-8,10,12,16H,9,11H2,1-2H3,(H,19,20)(H,21,22)/t16-/m1/s1. The summed E-state index contributed by atoms with van der Waals surface area (Å²) in [6, 6.07) is 12.5. The number of fused-ring (bicyclic) bond motifs is 1. The molecule has 0 spiro atoms. The average Bonchev–Trinajstić information content (AvgIpc) is 2.51. The Kier molecular flexibility index (Phi) is 5.57. The van der Waals surface area contributed by atoms with Gasteiger partial charge in [-0.25, -0.2) is 4.79 Å². The normalized spacial score (nSPS) is 12.1. The number of ether oxygens (including phenoxy) is 1. The van der Waals surface area contributed by atoms with E-state index in [0.29, 0.717) is 12.2 Å². The van der Waals surface area contributed by atoms with Gasteiger partial charge in [0.25, 0.3) is 5.91 Å². The van der Waals surface area contributed by atoms with Crippen LogP contribution >= 0.6 is 0 Å². The lowest BCUT2D eigenvalue weighted by Gasteiger charge is -2.16. The fraction of sp³-hybridized carbons (Fsp3) is 0.333. The van der Waals surface area contributed by atoms with E-state index in [-0.39, 0.29) is 12.5 Å². The Morgan fingerprint density at radius 2 is 1.83 bits per heavy atom. The number of aliphatic carboxylic acids is 1. The van der Waals surface area contributed by atoms with Crippen molar-refractivity contribution in [3.05, 3.63) is 42.5 Å². The van der Waals surface area contributed by atoms with Crippen LogP contribution in [-0.4, -0.2) is 29.6 Å². The SMILES string of the molecule is CC(C)C[C@@H](NC(=O)COc1ccc2ccccc2c1)C(=O)O. The van der Waals surface area contributed by atoms with Gasteiger partial charge in [0.1, 0.15) is 11.8 Å². The number of carboxylic acids is 1. The molecule has 0 bridgehead atoms. The highest BCUT2D eigenvalue weighted by Crippen LogP contribution is 2.20. The van der Waals surface area contributed by atoms with Gasteiger partial charge in [0.2, 0.25) is 0 Å². The zero-order chi connectivity index (χ0) is 16.8. The number of hydrogen-bond acceptors (Lipinski definition) is 3. The Labute approximate surface area is 135 Å². The summed E-state index contributed by atoms with van der Waals surface area (Å²) in [7, 11) is 0. The van der Waals surface area contributed by atoms with E-state index in [1.807, 2.05) is 50.2 Å². The second kappa shape index (κ2) is 7.63. The van der Waals surface area contributed by atoms with Crippen LogP contribution in [0.2, 0.25) is 0 Å². The number of carbonyl (C=O) groups is 2. The van der Waals surface area contributed by atoms with Gasteiger partial charge in [-0.2, -0.15) is 0 Å². The third-order valence-electron chi connectivity index (χ3n) is 3.43. The van der Waals surface area contributed by atoms with Crippen molar-refractivity contribution in [3.63, 3.8) is 0 Å². The molecular formula is C18H21NO4. The second-order valence-electron chi connectivity index (χ2n) is 5.89. The molecule has 0 aromatic heterocycles. The van der Waals surface area contributed by atoms with Crippen LogP contribution in [0.3, 0.4) is 0 Å². The van der Waals surface area contributed by atoms with E-state index in [2.05, 4.69) is 5.32 Å². The topological polar surface area (TPSA) is 75.6 Å². The lowest BCUT2D eigenvalue weighted by molar-refractivity contribution is -0.142. The largest absolute Gasteiger partial charge is 0.484 e. The number of amides is 1. The van der Waals surface area contributed by atoms with Crippen molar-refractivity contribution in [3.8, 4) is 5.75 Å². The molecule has 0 saturated carbocycles. The maximum Gasteiger partial charge on any atom is 0.326 e. The molecule has 5 heteroatoms. The fourth-order valence-corrected chi connectivity index (χ4v) is 2.33. The van der Waals surface area contributed by atoms with E-state index >= 15 is 0 Å². The van der Waals surface area contributed by atoms with Crippen LogP contribution in [0.1, 0.15) is 20.3 Å². The molecule has 1 atom stereocenters. The summed E-state index contributed by atoms with van der Waals surface area (Å²) < 4.78 is 5.46. The molecule has 0 fully saturated rings.